The molecule has 0 aliphatic carbocycles. The molecule has 0 spiro atoms. The zero-order chi connectivity index (χ0) is 15.1. The largest absolute Gasteiger partial charge is 0.480 e. The van der Waals surface area contributed by atoms with Gasteiger partial charge in [0.15, 0.2) is 11.5 Å². The van der Waals surface area contributed by atoms with Crippen LogP contribution in [-0.4, -0.2) is 57.9 Å². The zero-order valence-corrected chi connectivity index (χ0v) is 10.7. The molecule has 0 aliphatic heterocycles. The van der Waals surface area contributed by atoms with Crippen molar-refractivity contribution in [3.8, 4) is 0 Å². The van der Waals surface area contributed by atoms with Crippen molar-refractivity contribution in [1.29, 1.82) is 0 Å². The Bertz CT molecular complexity index is 486. The summed E-state index contributed by atoms with van der Waals surface area (Å²) in [6, 6.07) is 2.70. The predicted molar refractivity (Wildman–Crippen MR) is 67.5 cm³/mol. The molecule has 0 atom stereocenters. The number of amides is 1. The van der Waals surface area contributed by atoms with Gasteiger partial charge in [0.05, 0.1) is 0 Å². The van der Waals surface area contributed by atoms with E-state index in [9.17, 15) is 14.4 Å². The summed E-state index contributed by atoms with van der Waals surface area (Å²) >= 11 is 0. The third-order valence-electron chi connectivity index (χ3n) is 2.20. The molecule has 0 unspecified atom stereocenters. The van der Waals surface area contributed by atoms with Crippen LogP contribution in [0, 0.1) is 0 Å². The van der Waals surface area contributed by atoms with E-state index in [1.54, 1.807) is 6.92 Å². The lowest BCUT2D eigenvalue weighted by atomic mass is 10.3. The summed E-state index contributed by atoms with van der Waals surface area (Å²) in [5.74, 6) is -2.72. The summed E-state index contributed by atoms with van der Waals surface area (Å²) in [5.41, 5.74) is 0.0706. The maximum absolute atomic E-state index is 11.5. The van der Waals surface area contributed by atoms with Gasteiger partial charge in [-0.15, -0.1) is 10.2 Å². The van der Waals surface area contributed by atoms with Crippen LogP contribution >= 0.6 is 0 Å². The van der Waals surface area contributed by atoms with Gasteiger partial charge in [-0.05, 0) is 19.1 Å². The molecule has 1 rings (SSSR count). The Morgan fingerprint density at radius 1 is 1.15 bits per heavy atom. The van der Waals surface area contributed by atoms with E-state index in [1.807, 2.05) is 0 Å². The minimum absolute atomic E-state index is 0.0706. The van der Waals surface area contributed by atoms with Crippen LogP contribution in [-0.2, 0) is 9.59 Å². The molecule has 9 heteroatoms. The van der Waals surface area contributed by atoms with Gasteiger partial charge < -0.3 is 20.4 Å². The quantitative estimate of drug-likeness (QED) is 0.592. The van der Waals surface area contributed by atoms with E-state index in [1.165, 1.54) is 12.1 Å². The molecule has 108 valence electrons. The summed E-state index contributed by atoms with van der Waals surface area (Å²) in [6.07, 6.45) is 0. The fourth-order valence-corrected chi connectivity index (χ4v) is 1.41. The SMILES string of the molecule is CCNC(=O)c1ccc(N(CC(=O)O)CC(=O)O)nn1. The number of carboxylic acids is 2. The van der Waals surface area contributed by atoms with Gasteiger partial charge in [-0.25, -0.2) is 0 Å². The Balaban J connectivity index is 2.89. The molecule has 3 N–H and O–H groups in total. The average molecular weight is 282 g/mol. The van der Waals surface area contributed by atoms with Crippen molar-refractivity contribution in [1.82, 2.24) is 15.5 Å². The number of carbonyl (C=O) groups excluding carboxylic acids is 1. The van der Waals surface area contributed by atoms with E-state index in [2.05, 4.69) is 15.5 Å². The number of carboxylic acid groups (broad SMARTS) is 2. The third-order valence-corrected chi connectivity index (χ3v) is 2.20. The Labute approximate surface area is 114 Å². The monoisotopic (exact) mass is 282 g/mol. The van der Waals surface area contributed by atoms with Gasteiger partial charge >= 0.3 is 11.9 Å². The molecule has 1 amide bonds. The van der Waals surface area contributed by atoms with Crippen LogP contribution in [0.3, 0.4) is 0 Å². The van der Waals surface area contributed by atoms with Crippen LogP contribution in [0.5, 0.6) is 0 Å². The van der Waals surface area contributed by atoms with Gasteiger partial charge in [0.2, 0.25) is 0 Å². The Morgan fingerprint density at radius 2 is 1.75 bits per heavy atom. The molecular weight excluding hydrogens is 268 g/mol. The second-order valence-corrected chi connectivity index (χ2v) is 3.78. The van der Waals surface area contributed by atoms with E-state index in [0.717, 1.165) is 4.90 Å². The van der Waals surface area contributed by atoms with Gasteiger partial charge in [0.25, 0.3) is 5.91 Å². The first-order valence-corrected chi connectivity index (χ1v) is 5.74. The first kappa shape index (κ1) is 15.3. The minimum Gasteiger partial charge on any atom is -0.480 e. The highest BCUT2D eigenvalue weighted by Gasteiger charge is 2.16. The maximum Gasteiger partial charge on any atom is 0.323 e. The van der Waals surface area contributed by atoms with E-state index >= 15 is 0 Å². The number of nitrogens with zero attached hydrogens (tertiary/aromatic N) is 3. The number of aliphatic carboxylic acids is 2. The van der Waals surface area contributed by atoms with Crippen molar-refractivity contribution in [2.24, 2.45) is 0 Å². The number of hydrogen-bond donors (Lipinski definition) is 3. The van der Waals surface area contributed by atoms with Crippen molar-refractivity contribution < 1.29 is 24.6 Å². The second-order valence-electron chi connectivity index (χ2n) is 3.78. The lowest BCUT2D eigenvalue weighted by Crippen LogP contribution is -2.35. The highest BCUT2D eigenvalue weighted by atomic mass is 16.4. The van der Waals surface area contributed by atoms with Crippen molar-refractivity contribution in [2.75, 3.05) is 24.5 Å². The van der Waals surface area contributed by atoms with Crippen molar-refractivity contribution in [3.05, 3.63) is 17.8 Å². The molecule has 0 fully saturated rings. The Kier molecular flexibility index (Phi) is 5.39. The lowest BCUT2D eigenvalue weighted by molar-refractivity contribution is -0.136. The highest BCUT2D eigenvalue weighted by molar-refractivity contribution is 5.92. The molecule has 0 bridgehead atoms. The van der Waals surface area contributed by atoms with Gasteiger partial charge in [0.1, 0.15) is 13.1 Å². The van der Waals surface area contributed by atoms with E-state index in [-0.39, 0.29) is 11.5 Å². The standard InChI is InChI=1S/C11H14N4O5/c1-2-12-11(20)7-3-4-8(14-13-7)15(5-9(16)17)6-10(18)19/h3-4H,2,5-6H2,1H3,(H,12,20)(H,16,17)(H,18,19). The summed E-state index contributed by atoms with van der Waals surface area (Å²) in [6.45, 7) is 1.14. The number of nitrogens with one attached hydrogen (secondary N) is 1. The molecule has 0 aliphatic rings. The molecule has 20 heavy (non-hydrogen) atoms. The van der Waals surface area contributed by atoms with Gasteiger partial charge in [-0.3, -0.25) is 14.4 Å². The molecule has 1 heterocycles. The maximum atomic E-state index is 11.5. The topological polar surface area (TPSA) is 133 Å². The fourth-order valence-electron chi connectivity index (χ4n) is 1.41. The number of hydrogen-bond acceptors (Lipinski definition) is 6. The van der Waals surface area contributed by atoms with Gasteiger partial charge in [0, 0.05) is 6.54 Å². The summed E-state index contributed by atoms with van der Waals surface area (Å²) in [4.78, 5) is 33.8. The predicted octanol–water partition coefficient (Wildman–Crippen LogP) is -0.798. The van der Waals surface area contributed by atoms with Gasteiger partial charge in [-0.1, -0.05) is 0 Å². The van der Waals surface area contributed by atoms with Crippen LogP contribution in [0.15, 0.2) is 12.1 Å². The molecular formula is C11H14N4O5. The summed E-state index contributed by atoms with van der Waals surface area (Å²) < 4.78 is 0. The first-order valence-electron chi connectivity index (χ1n) is 5.74. The number of aromatic nitrogens is 2. The first-order chi connectivity index (χ1) is 9.43. The van der Waals surface area contributed by atoms with Crippen molar-refractivity contribution in [2.45, 2.75) is 6.92 Å². The Hall–Kier alpha value is -2.71. The average Bonchev–Trinajstić information content (AvgIpc) is 2.37. The third kappa shape index (κ3) is 4.52. The van der Waals surface area contributed by atoms with Crippen LogP contribution in [0.1, 0.15) is 17.4 Å². The number of rotatable bonds is 7. The molecule has 0 aromatic carbocycles. The van der Waals surface area contributed by atoms with E-state index < -0.39 is 30.9 Å². The molecule has 0 saturated heterocycles. The second kappa shape index (κ2) is 7.02. The van der Waals surface area contributed by atoms with Crippen LogP contribution < -0.4 is 10.2 Å². The highest BCUT2D eigenvalue weighted by Crippen LogP contribution is 2.09. The number of carbonyl (C=O) groups is 3. The van der Waals surface area contributed by atoms with Gasteiger partial charge in [-0.2, -0.15) is 0 Å². The molecule has 9 nitrogen and oxygen atoms in total. The number of anilines is 1. The molecule has 0 radical (unpaired) electrons. The molecule has 1 aromatic rings. The fraction of sp³-hybridized carbons (Fsp3) is 0.364. The van der Waals surface area contributed by atoms with Crippen molar-refractivity contribution >= 4 is 23.7 Å². The molecule has 0 saturated carbocycles. The molecule has 1 aromatic heterocycles. The van der Waals surface area contributed by atoms with Crippen LogP contribution in [0.4, 0.5) is 5.82 Å². The summed E-state index contributed by atoms with van der Waals surface area (Å²) in [7, 11) is 0. The smallest absolute Gasteiger partial charge is 0.323 e. The van der Waals surface area contributed by atoms with Crippen molar-refractivity contribution in [3.63, 3.8) is 0 Å². The zero-order valence-electron chi connectivity index (χ0n) is 10.7. The van der Waals surface area contributed by atoms with Crippen LogP contribution in [0.2, 0.25) is 0 Å². The summed E-state index contributed by atoms with van der Waals surface area (Å²) in [5, 5.41) is 27.3. The Morgan fingerprint density at radius 3 is 2.15 bits per heavy atom. The normalized spacial score (nSPS) is 9.85. The van der Waals surface area contributed by atoms with E-state index in [4.69, 9.17) is 10.2 Å². The van der Waals surface area contributed by atoms with Crippen LogP contribution in [0.25, 0.3) is 0 Å². The lowest BCUT2D eigenvalue weighted by Gasteiger charge is -2.18. The van der Waals surface area contributed by atoms with E-state index in [0.29, 0.717) is 6.54 Å². The minimum atomic E-state index is -1.19.